The van der Waals surface area contributed by atoms with Crippen LogP contribution < -0.4 is 10.1 Å². The molecule has 5 nitrogen and oxygen atoms in total. The van der Waals surface area contributed by atoms with E-state index in [9.17, 15) is 4.79 Å². The molecule has 0 radical (unpaired) electrons. The van der Waals surface area contributed by atoms with Crippen molar-refractivity contribution in [3.05, 3.63) is 53.9 Å². The lowest BCUT2D eigenvalue weighted by molar-refractivity contribution is -0.121. The highest BCUT2D eigenvalue weighted by Crippen LogP contribution is 2.28. The Morgan fingerprint density at radius 2 is 2.13 bits per heavy atom. The molecule has 1 N–H and O–H groups in total. The number of para-hydroxylation sites is 1. The van der Waals surface area contributed by atoms with Crippen molar-refractivity contribution in [2.45, 2.75) is 13.3 Å². The highest BCUT2D eigenvalue weighted by atomic mass is 16.5. The van der Waals surface area contributed by atoms with E-state index in [1.807, 2.05) is 42.5 Å². The number of rotatable bonds is 2. The molecule has 1 aromatic heterocycles. The zero-order valence-corrected chi connectivity index (χ0v) is 12.7. The Balaban J connectivity index is 1.51. The van der Waals surface area contributed by atoms with E-state index < -0.39 is 0 Å². The van der Waals surface area contributed by atoms with Crippen LogP contribution in [0.15, 0.2) is 46.9 Å². The Kier molecular flexibility index (Phi) is 3.26. The lowest BCUT2D eigenvalue weighted by Crippen LogP contribution is -2.32. The molecule has 23 heavy (non-hydrogen) atoms. The van der Waals surface area contributed by atoms with Gasteiger partial charge >= 0.3 is 0 Å². The van der Waals surface area contributed by atoms with Crippen molar-refractivity contribution in [3.63, 3.8) is 0 Å². The zero-order valence-electron chi connectivity index (χ0n) is 12.7. The molecular formula is C18H16N2O3. The molecule has 2 heterocycles. The van der Waals surface area contributed by atoms with Crippen molar-refractivity contribution in [2.24, 2.45) is 5.92 Å². The van der Waals surface area contributed by atoms with Gasteiger partial charge in [0.1, 0.15) is 17.9 Å². The van der Waals surface area contributed by atoms with Gasteiger partial charge in [0.05, 0.1) is 5.92 Å². The number of hydrogen-bond acceptors (Lipinski definition) is 4. The predicted octanol–water partition coefficient (Wildman–Crippen LogP) is 3.33. The molecule has 0 fully saturated rings. The summed E-state index contributed by atoms with van der Waals surface area (Å²) in [5.74, 6) is 1.25. The van der Waals surface area contributed by atoms with E-state index in [0.717, 1.165) is 28.1 Å². The Labute approximate surface area is 133 Å². The van der Waals surface area contributed by atoms with Gasteiger partial charge in [0.2, 0.25) is 5.91 Å². The quantitative estimate of drug-likeness (QED) is 0.788. The van der Waals surface area contributed by atoms with E-state index in [2.05, 4.69) is 10.3 Å². The van der Waals surface area contributed by atoms with Gasteiger partial charge < -0.3 is 14.5 Å². The number of hydrogen-bond donors (Lipinski definition) is 1. The fourth-order valence-corrected chi connectivity index (χ4v) is 2.86. The average molecular weight is 308 g/mol. The molecule has 5 heteroatoms. The molecule has 4 rings (SSSR count). The SMILES string of the molecule is Cc1nc2cc(NC(=O)C3COc4ccccc4C3)ccc2o1. The number of nitrogens with zero attached hydrogens (tertiary/aromatic N) is 1. The van der Waals surface area contributed by atoms with Crippen LogP contribution in [0.5, 0.6) is 5.75 Å². The molecule has 1 aliphatic heterocycles. The van der Waals surface area contributed by atoms with Crippen LogP contribution in [0.3, 0.4) is 0 Å². The van der Waals surface area contributed by atoms with Crippen molar-refractivity contribution < 1.29 is 13.9 Å². The average Bonchev–Trinajstić information content (AvgIpc) is 2.93. The number of carbonyl (C=O) groups is 1. The van der Waals surface area contributed by atoms with E-state index in [-0.39, 0.29) is 11.8 Å². The predicted molar refractivity (Wildman–Crippen MR) is 86.5 cm³/mol. The number of fused-ring (bicyclic) bond motifs is 2. The van der Waals surface area contributed by atoms with E-state index >= 15 is 0 Å². The third-order valence-corrected chi connectivity index (χ3v) is 4.01. The van der Waals surface area contributed by atoms with E-state index in [0.29, 0.717) is 18.9 Å². The van der Waals surface area contributed by atoms with Crippen LogP contribution in [0.4, 0.5) is 5.69 Å². The maximum absolute atomic E-state index is 12.5. The lowest BCUT2D eigenvalue weighted by atomic mass is 9.96. The monoisotopic (exact) mass is 308 g/mol. The van der Waals surface area contributed by atoms with Crippen LogP contribution in [-0.4, -0.2) is 17.5 Å². The molecule has 0 aliphatic carbocycles. The van der Waals surface area contributed by atoms with Crippen LogP contribution in [0.2, 0.25) is 0 Å². The second-order valence-corrected chi connectivity index (χ2v) is 5.72. The molecule has 0 spiro atoms. The molecule has 3 aromatic rings. The summed E-state index contributed by atoms with van der Waals surface area (Å²) in [5.41, 5.74) is 3.25. The largest absolute Gasteiger partial charge is 0.492 e. The summed E-state index contributed by atoms with van der Waals surface area (Å²) >= 11 is 0. The number of nitrogens with one attached hydrogen (secondary N) is 1. The fraction of sp³-hybridized carbons (Fsp3) is 0.222. The van der Waals surface area contributed by atoms with Gasteiger partial charge in [0.25, 0.3) is 0 Å². The highest BCUT2D eigenvalue weighted by Gasteiger charge is 2.25. The van der Waals surface area contributed by atoms with E-state index in [1.165, 1.54) is 0 Å². The minimum absolute atomic E-state index is 0.0425. The first-order chi connectivity index (χ1) is 11.2. The number of ether oxygens (including phenoxy) is 1. The van der Waals surface area contributed by atoms with Crippen LogP contribution >= 0.6 is 0 Å². The summed E-state index contributed by atoms with van der Waals surface area (Å²) in [6, 6.07) is 13.3. The van der Waals surface area contributed by atoms with Gasteiger partial charge in [-0.25, -0.2) is 4.98 Å². The number of aryl methyl sites for hydroxylation is 1. The standard InChI is InChI=1S/C18H16N2O3/c1-11-19-15-9-14(6-7-17(15)23-11)20-18(21)13-8-12-4-2-3-5-16(12)22-10-13/h2-7,9,13H,8,10H2,1H3,(H,20,21). The van der Waals surface area contributed by atoms with Gasteiger partial charge in [0, 0.05) is 12.6 Å². The van der Waals surface area contributed by atoms with Crippen molar-refractivity contribution in [3.8, 4) is 5.75 Å². The minimum atomic E-state index is -0.195. The van der Waals surface area contributed by atoms with Gasteiger partial charge in [-0.05, 0) is 36.2 Å². The topological polar surface area (TPSA) is 64.4 Å². The van der Waals surface area contributed by atoms with E-state index in [4.69, 9.17) is 9.15 Å². The zero-order chi connectivity index (χ0) is 15.8. The molecule has 2 aromatic carbocycles. The number of anilines is 1. The number of amides is 1. The van der Waals surface area contributed by atoms with Gasteiger partial charge in [-0.1, -0.05) is 18.2 Å². The normalized spacial score (nSPS) is 16.7. The molecule has 1 aliphatic rings. The van der Waals surface area contributed by atoms with Gasteiger partial charge in [-0.3, -0.25) is 4.79 Å². The van der Waals surface area contributed by atoms with Crippen molar-refractivity contribution >= 4 is 22.7 Å². The third kappa shape index (κ3) is 2.65. The fourth-order valence-electron chi connectivity index (χ4n) is 2.86. The van der Waals surface area contributed by atoms with Gasteiger partial charge in [-0.15, -0.1) is 0 Å². The molecule has 1 amide bonds. The summed E-state index contributed by atoms with van der Waals surface area (Å²) in [7, 11) is 0. The maximum Gasteiger partial charge on any atom is 0.231 e. The number of oxazole rings is 1. The lowest BCUT2D eigenvalue weighted by Gasteiger charge is -2.24. The van der Waals surface area contributed by atoms with Crippen LogP contribution in [0.1, 0.15) is 11.5 Å². The second kappa shape index (κ2) is 5.43. The first kappa shape index (κ1) is 13.8. The summed E-state index contributed by atoms with van der Waals surface area (Å²) in [6.07, 6.45) is 0.688. The Hall–Kier alpha value is -2.82. The number of aromatic nitrogens is 1. The molecule has 1 unspecified atom stereocenters. The number of carbonyl (C=O) groups excluding carboxylic acids is 1. The molecule has 116 valence electrons. The van der Waals surface area contributed by atoms with Gasteiger partial charge in [-0.2, -0.15) is 0 Å². The summed E-state index contributed by atoms with van der Waals surface area (Å²) in [4.78, 5) is 16.8. The number of benzene rings is 2. The van der Waals surface area contributed by atoms with Crippen molar-refractivity contribution in [2.75, 3.05) is 11.9 Å². The Bertz CT molecular complexity index is 885. The first-order valence-electron chi connectivity index (χ1n) is 7.58. The molecule has 1 atom stereocenters. The van der Waals surface area contributed by atoms with Crippen LogP contribution in [-0.2, 0) is 11.2 Å². The van der Waals surface area contributed by atoms with Crippen molar-refractivity contribution in [1.29, 1.82) is 0 Å². The van der Waals surface area contributed by atoms with Crippen LogP contribution in [0, 0.1) is 12.8 Å². The summed E-state index contributed by atoms with van der Waals surface area (Å²) in [6.45, 7) is 2.20. The molecule has 0 bridgehead atoms. The first-order valence-corrected chi connectivity index (χ1v) is 7.58. The second-order valence-electron chi connectivity index (χ2n) is 5.72. The third-order valence-electron chi connectivity index (χ3n) is 4.01. The summed E-state index contributed by atoms with van der Waals surface area (Å²) < 4.78 is 11.1. The minimum Gasteiger partial charge on any atom is -0.492 e. The Morgan fingerprint density at radius 3 is 3.04 bits per heavy atom. The van der Waals surface area contributed by atoms with E-state index in [1.54, 1.807) is 6.92 Å². The highest BCUT2D eigenvalue weighted by molar-refractivity contribution is 5.94. The molecule has 0 saturated heterocycles. The maximum atomic E-state index is 12.5. The van der Waals surface area contributed by atoms with Crippen molar-refractivity contribution in [1.82, 2.24) is 4.98 Å². The Morgan fingerprint density at radius 1 is 1.26 bits per heavy atom. The summed E-state index contributed by atoms with van der Waals surface area (Å²) in [5, 5.41) is 2.94. The smallest absolute Gasteiger partial charge is 0.231 e. The molecular weight excluding hydrogens is 292 g/mol. The van der Waals surface area contributed by atoms with Crippen LogP contribution in [0.25, 0.3) is 11.1 Å². The molecule has 0 saturated carbocycles. The van der Waals surface area contributed by atoms with Gasteiger partial charge in [0.15, 0.2) is 11.5 Å².